The fourth-order valence-corrected chi connectivity index (χ4v) is 2.29. The van der Waals surface area contributed by atoms with Gasteiger partial charge in [0.05, 0.1) is 19.8 Å². The zero-order valence-corrected chi connectivity index (χ0v) is 13.0. The van der Waals surface area contributed by atoms with Crippen molar-refractivity contribution in [3.8, 4) is 5.88 Å². The lowest BCUT2D eigenvalue weighted by Crippen LogP contribution is -2.55. The predicted octanol–water partition coefficient (Wildman–Crippen LogP) is 0.477. The number of hydrogen-bond donors (Lipinski definition) is 1. The molecule has 7 nitrogen and oxygen atoms in total. The highest BCUT2D eigenvalue weighted by Gasteiger charge is 2.30. The van der Waals surface area contributed by atoms with Crippen molar-refractivity contribution in [3.63, 3.8) is 0 Å². The van der Waals surface area contributed by atoms with Gasteiger partial charge in [-0.25, -0.2) is 4.98 Å². The number of morpholine rings is 1. The molecule has 2 amide bonds. The topological polar surface area (TPSA) is 80.8 Å². The van der Waals surface area contributed by atoms with Crippen LogP contribution in [-0.4, -0.2) is 60.7 Å². The molecular weight excluding hydrogens is 310 g/mol. The van der Waals surface area contributed by atoms with Crippen LogP contribution in [0.5, 0.6) is 5.88 Å². The van der Waals surface area contributed by atoms with Crippen LogP contribution in [0, 0.1) is 0 Å². The second kappa shape index (κ2) is 7.95. The highest BCUT2D eigenvalue weighted by atomic mass is 35.5. The van der Waals surface area contributed by atoms with Crippen molar-refractivity contribution >= 4 is 23.4 Å². The maximum absolute atomic E-state index is 12.1. The molecule has 0 aromatic carbocycles. The summed E-state index contributed by atoms with van der Waals surface area (Å²) in [7, 11) is 0. The average molecular weight is 328 g/mol. The Morgan fingerprint density at radius 2 is 2.41 bits per heavy atom. The van der Waals surface area contributed by atoms with Crippen molar-refractivity contribution in [2.45, 2.75) is 13.0 Å². The molecule has 0 aliphatic carbocycles. The van der Waals surface area contributed by atoms with Crippen LogP contribution in [-0.2, 0) is 14.3 Å². The SMILES string of the molecule is CC(=O)N1CCOCC1C(=O)NCCOc1ncccc1Cl. The van der Waals surface area contributed by atoms with E-state index in [1.54, 1.807) is 18.3 Å². The largest absolute Gasteiger partial charge is 0.475 e. The Bertz CT molecular complexity index is 541. The normalized spacial score (nSPS) is 17.9. The molecule has 1 aliphatic heterocycles. The van der Waals surface area contributed by atoms with Gasteiger partial charge in [-0.05, 0) is 12.1 Å². The number of ether oxygens (including phenoxy) is 2. The molecule has 1 unspecified atom stereocenters. The molecule has 1 N–H and O–H groups in total. The first kappa shape index (κ1) is 16.5. The zero-order valence-electron chi connectivity index (χ0n) is 12.3. The molecule has 120 valence electrons. The third kappa shape index (κ3) is 4.32. The molecular formula is C14H18ClN3O4. The van der Waals surface area contributed by atoms with Crippen molar-refractivity contribution in [1.82, 2.24) is 15.2 Å². The molecule has 2 rings (SSSR count). The number of nitrogens with one attached hydrogen (secondary N) is 1. The molecule has 0 bridgehead atoms. The van der Waals surface area contributed by atoms with Crippen LogP contribution in [0.2, 0.25) is 5.02 Å². The number of pyridine rings is 1. The Morgan fingerprint density at radius 3 is 3.14 bits per heavy atom. The summed E-state index contributed by atoms with van der Waals surface area (Å²) in [5.74, 6) is -0.0737. The Kier molecular flexibility index (Phi) is 5.97. The molecule has 22 heavy (non-hydrogen) atoms. The smallest absolute Gasteiger partial charge is 0.245 e. The minimum atomic E-state index is -0.593. The first-order chi connectivity index (χ1) is 10.6. The number of carbonyl (C=O) groups is 2. The van der Waals surface area contributed by atoms with Crippen LogP contribution < -0.4 is 10.1 Å². The van der Waals surface area contributed by atoms with Crippen molar-refractivity contribution in [1.29, 1.82) is 0 Å². The van der Waals surface area contributed by atoms with Crippen LogP contribution in [0.25, 0.3) is 0 Å². The van der Waals surface area contributed by atoms with E-state index in [-0.39, 0.29) is 31.6 Å². The molecule has 0 spiro atoms. The fourth-order valence-electron chi connectivity index (χ4n) is 2.11. The number of halogens is 1. The summed E-state index contributed by atoms with van der Waals surface area (Å²) in [6.07, 6.45) is 1.57. The maximum atomic E-state index is 12.1. The predicted molar refractivity (Wildman–Crippen MR) is 79.7 cm³/mol. The Labute approximate surface area is 133 Å². The molecule has 1 aromatic heterocycles. The van der Waals surface area contributed by atoms with Crippen LogP contribution in [0.4, 0.5) is 0 Å². The quantitative estimate of drug-likeness (QED) is 0.795. The number of carbonyl (C=O) groups excluding carboxylic acids is 2. The highest BCUT2D eigenvalue weighted by Crippen LogP contribution is 2.19. The molecule has 1 atom stereocenters. The number of rotatable bonds is 5. The second-order valence-corrected chi connectivity index (χ2v) is 5.14. The van der Waals surface area contributed by atoms with Crippen LogP contribution in [0.3, 0.4) is 0 Å². The molecule has 1 aliphatic rings. The highest BCUT2D eigenvalue weighted by molar-refractivity contribution is 6.31. The lowest BCUT2D eigenvalue weighted by Gasteiger charge is -2.33. The summed E-state index contributed by atoms with van der Waals surface area (Å²) in [5, 5.41) is 3.13. The van der Waals surface area contributed by atoms with E-state index in [9.17, 15) is 9.59 Å². The summed E-state index contributed by atoms with van der Waals surface area (Å²) < 4.78 is 10.6. The van der Waals surface area contributed by atoms with Crippen molar-refractivity contribution in [2.75, 3.05) is 32.9 Å². The van der Waals surface area contributed by atoms with Gasteiger partial charge in [-0.1, -0.05) is 11.6 Å². The minimum absolute atomic E-state index is 0.139. The van der Waals surface area contributed by atoms with E-state index in [1.165, 1.54) is 11.8 Å². The Hall–Kier alpha value is -1.86. The second-order valence-electron chi connectivity index (χ2n) is 4.73. The molecule has 1 aromatic rings. The summed E-state index contributed by atoms with van der Waals surface area (Å²) in [6.45, 7) is 3.04. The Balaban J connectivity index is 1.77. The summed E-state index contributed by atoms with van der Waals surface area (Å²) in [6, 6.07) is 2.79. The zero-order chi connectivity index (χ0) is 15.9. The van der Waals surface area contributed by atoms with Gasteiger partial charge in [0.15, 0.2) is 0 Å². The molecule has 1 saturated heterocycles. The molecule has 2 heterocycles. The number of hydrogen-bond acceptors (Lipinski definition) is 5. The summed E-state index contributed by atoms with van der Waals surface area (Å²) in [5.41, 5.74) is 0. The van der Waals surface area contributed by atoms with Crippen LogP contribution in [0.1, 0.15) is 6.92 Å². The third-order valence-corrected chi connectivity index (χ3v) is 3.49. The van der Waals surface area contributed by atoms with E-state index in [4.69, 9.17) is 21.1 Å². The van der Waals surface area contributed by atoms with Crippen molar-refractivity contribution in [2.24, 2.45) is 0 Å². The van der Waals surface area contributed by atoms with Gasteiger partial charge in [0.2, 0.25) is 17.7 Å². The van der Waals surface area contributed by atoms with Gasteiger partial charge in [0, 0.05) is 19.7 Å². The van der Waals surface area contributed by atoms with E-state index < -0.39 is 6.04 Å². The first-order valence-electron chi connectivity index (χ1n) is 6.95. The van der Waals surface area contributed by atoms with E-state index in [0.717, 1.165) is 0 Å². The van der Waals surface area contributed by atoms with Gasteiger partial charge in [0.25, 0.3) is 0 Å². The van der Waals surface area contributed by atoms with Gasteiger partial charge in [-0.15, -0.1) is 0 Å². The molecule has 0 saturated carbocycles. The minimum Gasteiger partial charge on any atom is -0.475 e. The van der Waals surface area contributed by atoms with E-state index in [2.05, 4.69) is 10.3 Å². The lowest BCUT2D eigenvalue weighted by atomic mass is 10.2. The molecule has 1 fully saturated rings. The van der Waals surface area contributed by atoms with Gasteiger partial charge in [-0.2, -0.15) is 0 Å². The van der Waals surface area contributed by atoms with Gasteiger partial charge in [-0.3, -0.25) is 9.59 Å². The monoisotopic (exact) mass is 327 g/mol. The standard InChI is InChI=1S/C14H18ClN3O4/c1-10(19)18-6-8-21-9-12(18)13(20)16-5-7-22-14-11(15)3-2-4-17-14/h2-4,12H,5-9H2,1H3,(H,16,20). The number of aromatic nitrogens is 1. The van der Waals surface area contributed by atoms with Gasteiger partial charge in [0.1, 0.15) is 17.7 Å². The maximum Gasteiger partial charge on any atom is 0.245 e. The van der Waals surface area contributed by atoms with Crippen molar-refractivity contribution < 1.29 is 19.1 Å². The van der Waals surface area contributed by atoms with Crippen LogP contribution >= 0.6 is 11.6 Å². The summed E-state index contributed by atoms with van der Waals surface area (Å²) in [4.78, 5) is 29.1. The summed E-state index contributed by atoms with van der Waals surface area (Å²) >= 11 is 5.91. The molecule has 0 radical (unpaired) electrons. The lowest BCUT2D eigenvalue weighted by molar-refractivity contribution is -0.146. The fraction of sp³-hybridized carbons (Fsp3) is 0.500. The van der Waals surface area contributed by atoms with E-state index in [0.29, 0.717) is 24.1 Å². The van der Waals surface area contributed by atoms with E-state index in [1.807, 2.05) is 0 Å². The number of nitrogens with zero attached hydrogens (tertiary/aromatic N) is 2. The van der Waals surface area contributed by atoms with E-state index >= 15 is 0 Å². The first-order valence-corrected chi connectivity index (χ1v) is 7.33. The third-order valence-electron chi connectivity index (χ3n) is 3.20. The van der Waals surface area contributed by atoms with Crippen LogP contribution in [0.15, 0.2) is 18.3 Å². The average Bonchev–Trinajstić information content (AvgIpc) is 2.52. The van der Waals surface area contributed by atoms with Gasteiger partial charge >= 0.3 is 0 Å². The Morgan fingerprint density at radius 1 is 1.59 bits per heavy atom. The van der Waals surface area contributed by atoms with Gasteiger partial charge < -0.3 is 19.7 Å². The van der Waals surface area contributed by atoms with Crippen molar-refractivity contribution in [3.05, 3.63) is 23.4 Å². The molecule has 8 heteroatoms. The number of amides is 2.